The van der Waals surface area contributed by atoms with Crippen LogP contribution in [-0.2, 0) is 4.79 Å². The average molecular weight is 200 g/mol. The van der Waals surface area contributed by atoms with Crippen molar-refractivity contribution in [3.63, 3.8) is 0 Å². The SMILES string of the molecule is CC[C@H]1N(C)C(=O)N(C)C(=O)[C@@]1(C)O. The molecule has 5 nitrogen and oxygen atoms in total. The van der Waals surface area contributed by atoms with Gasteiger partial charge in [0.1, 0.15) is 0 Å². The quantitative estimate of drug-likeness (QED) is 0.650. The molecule has 1 saturated heterocycles. The van der Waals surface area contributed by atoms with E-state index in [0.717, 1.165) is 4.90 Å². The summed E-state index contributed by atoms with van der Waals surface area (Å²) in [7, 11) is 2.97. The third-order valence-electron chi connectivity index (χ3n) is 2.83. The number of carbonyl (C=O) groups excluding carboxylic acids is 2. The lowest BCUT2D eigenvalue weighted by atomic mass is 9.90. The number of hydrogen-bond donors (Lipinski definition) is 1. The molecule has 14 heavy (non-hydrogen) atoms. The van der Waals surface area contributed by atoms with Crippen LogP contribution in [0.5, 0.6) is 0 Å². The predicted molar refractivity (Wildman–Crippen MR) is 50.6 cm³/mol. The molecule has 1 fully saturated rings. The lowest BCUT2D eigenvalue weighted by Crippen LogP contribution is -2.67. The van der Waals surface area contributed by atoms with Crippen LogP contribution in [0.1, 0.15) is 20.3 Å². The fourth-order valence-electron chi connectivity index (χ4n) is 1.99. The number of urea groups is 1. The normalized spacial score (nSPS) is 33.9. The number of amides is 3. The predicted octanol–water partition coefficient (Wildman–Crippen LogP) is 0.0398. The van der Waals surface area contributed by atoms with E-state index in [1.165, 1.54) is 18.9 Å². The summed E-state index contributed by atoms with van der Waals surface area (Å²) in [5.74, 6) is -0.535. The van der Waals surface area contributed by atoms with Crippen LogP contribution in [0, 0.1) is 0 Å². The number of aliphatic hydroxyl groups is 1. The van der Waals surface area contributed by atoms with Crippen molar-refractivity contribution in [3.05, 3.63) is 0 Å². The average Bonchev–Trinajstić information content (AvgIpc) is 2.13. The number of likely N-dealkylation sites (N-methyl/N-ethyl adjacent to an activating group) is 2. The minimum atomic E-state index is -1.48. The summed E-state index contributed by atoms with van der Waals surface area (Å²) in [6, 6.07) is -0.813. The molecule has 1 aliphatic heterocycles. The zero-order valence-electron chi connectivity index (χ0n) is 8.94. The highest BCUT2D eigenvalue weighted by Gasteiger charge is 2.50. The lowest BCUT2D eigenvalue weighted by Gasteiger charge is -2.44. The maximum Gasteiger partial charge on any atom is 0.326 e. The summed E-state index contributed by atoms with van der Waals surface area (Å²) in [5.41, 5.74) is -1.48. The van der Waals surface area contributed by atoms with Gasteiger partial charge in [0.05, 0.1) is 6.04 Å². The molecule has 0 aromatic heterocycles. The van der Waals surface area contributed by atoms with E-state index in [0.29, 0.717) is 6.42 Å². The molecular weight excluding hydrogens is 184 g/mol. The molecule has 1 aliphatic rings. The van der Waals surface area contributed by atoms with E-state index in [1.807, 2.05) is 6.92 Å². The monoisotopic (exact) mass is 200 g/mol. The van der Waals surface area contributed by atoms with E-state index < -0.39 is 17.6 Å². The molecule has 1 rings (SSSR count). The molecule has 0 saturated carbocycles. The molecular formula is C9H16N2O3. The first-order valence-electron chi connectivity index (χ1n) is 4.61. The first kappa shape index (κ1) is 11.0. The van der Waals surface area contributed by atoms with E-state index >= 15 is 0 Å². The standard InChI is InChI=1S/C9H16N2O3/c1-5-6-9(2,14)7(12)11(4)8(13)10(6)3/h6,14H,5H2,1-4H3/t6-,9+/m1/s1. The first-order chi connectivity index (χ1) is 6.34. The molecule has 1 heterocycles. The molecule has 0 bridgehead atoms. The fourth-order valence-corrected chi connectivity index (χ4v) is 1.99. The van der Waals surface area contributed by atoms with Gasteiger partial charge in [-0.25, -0.2) is 4.79 Å². The van der Waals surface area contributed by atoms with Gasteiger partial charge >= 0.3 is 6.03 Å². The summed E-state index contributed by atoms with van der Waals surface area (Å²) in [6.45, 7) is 3.28. The zero-order valence-corrected chi connectivity index (χ0v) is 8.94. The lowest BCUT2D eigenvalue weighted by molar-refractivity contribution is -0.157. The number of carbonyl (C=O) groups is 2. The number of rotatable bonds is 1. The van der Waals surface area contributed by atoms with Gasteiger partial charge in [-0.05, 0) is 13.3 Å². The molecule has 0 spiro atoms. The Balaban J connectivity index is 3.09. The second kappa shape index (κ2) is 3.24. The van der Waals surface area contributed by atoms with Crippen molar-refractivity contribution < 1.29 is 14.7 Å². The van der Waals surface area contributed by atoms with Crippen molar-refractivity contribution in [2.75, 3.05) is 14.1 Å². The Morgan fingerprint density at radius 3 is 2.36 bits per heavy atom. The minimum absolute atomic E-state index is 0.367. The Kier molecular flexibility index (Phi) is 2.54. The Labute approximate surface area is 83.3 Å². The van der Waals surface area contributed by atoms with Gasteiger partial charge in [-0.15, -0.1) is 0 Å². The summed E-state index contributed by atoms with van der Waals surface area (Å²) in [6.07, 6.45) is 0.550. The van der Waals surface area contributed by atoms with Crippen molar-refractivity contribution in [2.24, 2.45) is 0 Å². The molecule has 0 aromatic carbocycles. The maximum atomic E-state index is 11.6. The summed E-state index contributed by atoms with van der Waals surface area (Å²) in [5, 5.41) is 9.98. The molecule has 5 heteroatoms. The van der Waals surface area contributed by atoms with Gasteiger partial charge in [-0.2, -0.15) is 0 Å². The van der Waals surface area contributed by atoms with Crippen LogP contribution in [-0.4, -0.2) is 52.6 Å². The van der Waals surface area contributed by atoms with E-state index in [2.05, 4.69) is 0 Å². The van der Waals surface area contributed by atoms with Crippen molar-refractivity contribution in [3.8, 4) is 0 Å². The van der Waals surface area contributed by atoms with Gasteiger partial charge in [-0.3, -0.25) is 9.69 Å². The molecule has 0 unspecified atom stereocenters. The Hall–Kier alpha value is -1.10. The number of hydrogen-bond acceptors (Lipinski definition) is 3. The minimum Gasteiger partial charge on any atom is -0.378 e. The number of nitrogens with zero attached hydrogens (tertiary/aromatic N) is 2. The van der Waals surface area contributed by atoms with Gasteiger partial charge < -0.3 is 10.0 Å². The van der Waals surface area contributed by atoms with Gasteiger partial charge in [0.2, 0.25) is 0 Å². The molecule has 0 aliphatic carbocycles. The molecule has 3 amide bonds. The first-order valence-corrected chi connectivity index (χ1v) is 4.61. The van der Waals surface area contributed by atoms with Crippen molar-refractivity contribution in [2.45, 2.75) is 31.9 Å². The second-order valence-corrected chi connectivity index (χ2v) is 3.83. The van der Waals surface area contributed by atoms with Crippen molar-refractivity contribution in [1.29, 1.82) is 0 Å². The highest BCUT2D eigenvalue weighted by molar-refractivity contribution is 6.01. The van der Waals surface area contributed by atoms with Gasteiger partial charge in [-0.1, -0.05) is 6.92 Å². The molecule has 80 valence electrons. The van der Waals surface area contributed by atoms with E-state index in [1.54, 1.807) is 7.05 Å². The molecule has 0 radical (unpaired) electrons. The highest BCUT2D eigenvalue weighted by Crippen LogP contribution is 2.26. The molecule has 1 N–H and O–H groups in total. The smallest absolute Gasteiger partial charge is 0.326 e. The highest BCUT2D eigenvalue weighted by atomic mass is 16.3. The van der Waals surface area contributed by atoms with Crippen molar-refractivity contribution in [1.82, 2.24) is 9.80 Å². The Morgan fingerprint density at radius 2 is 1.93 bits per heavy atom. The van der Waals surface area contributed by atoms with Crippen LogP contribution in [0.3, 0.4) is 0 Å². The molecule has 2 atom stereocenters. The largest absolute Gasteiger partial charge is 0.378 e. The van der Waals surface area contributed by atoms with E-state index in [4.69, 9.17) is 0 Å². The van der Waals surface area contributed by atoms with E-state index in [-0.39, 0.29) is 6.03 Å². The van der Waals surface area contributed by atoms with Crippen LogP contribution in [0.15, 0.2) is 0 Å². The second-order valence-electron chi connectivity index (χ2n) is 3.83. The van der Waals surface area contributed by atoms with Crippen LogP contribution in [0.2, 0.25) is 0 Å². The maximum absolute atomic E-state index is 11.6. The van der Waals surface area contributed by atoms with E-state index in [9.17, 15) is 14.7 Å². The third-order valence-corrected chi connectivity index (χ3v) is 2.83. The summed E-state index contributed by atoms with van der Waals surface area (Å²) >= 11 is 0. The zero-order chi connectivity index (χ0) is 11.1. The van der Waals surface area contributed by atoms with Crippen LogP contribution in [0.4, 0.5) is 4.79 Å². The fraction of sp³-hybridized carbons (Fsp3) is 0.778. The molecule has 0 aromatic rings. The Morgan fingerprint density at radius 1 is 1.43 bits per heavy atom. The number of imide groups is 1. The van der Waals surface area contributed by atoms with Gasteiger partial charge in [0.25, 0.3) is 5.91 Å². The Bertz CT molecular complexity index is 275. The van der Waals surface area contributed by atoms with Gasteiger partial charge in [0, 0.05) is 14.1 Å². The van der Waals surface area contributed by atoms with Crippen molar-refractivity contribution >= 4 is 11.9 Å². The topological polar surface area (TPSA) is 60.9 Å². The third kappa shape index (κ3) is 1.28. The van der Waals surface area contributed by atoms with Crippen LogP contribution >= 0.6 is 0 Å². The van der Waals surface area contributed by atoms with Gasteiger partial charge in [0.15, 0.2) is 5.60 Å². The summed E-state index contributed by atoms with van der Waals surface area (Å²) in [4.78, 5) is 25.5. The van der Waals surface area contributed by atoms with Crippen LogP contribution < -0.4 is 0 Å². The van der Waals surface area contributed by atoms with Crippen LogP contribution in [0.25, 0.3) is 0 Å². The summed E-state index contributed by atoms with van der Waals surface area (Å²) < 4.78 is 0.